The zero-order valence-corrected chi connectivity index (χ0v) is 10.4. The van der Waals surface area contributed by atoms with Crippen molar-refractivity contribution < 1.29 is 9.47 Å². The lowest BCUT2D eigenvalue weighted by Gasteiger charge is -2.18. The highest BCUT2D eigenvalue weighted by Gasteiger charge is 2.12. The number of ether oxygens (including phenoxy) is 2. The summed E-state index contributed by atoms with van der Waals surface area (Å²) in [6.45, 7) is 3.77. The van der Waals surface area contributed by atoms with E-state index >= 15 is 0 Å². The van der Waals surface area contributed by atoms with Gasteiger partial charge in [-0.3, -0.25) is 0 Å². The summed E-state index contributed by atoms with van der Waals surface area (Å²) in [7, 11) is 1.73. The van der Waals surface area contributed by atoms with Gasteiger partial charge in [0.15, 0.2) is 0 Å². The third-order valence-corrected chi connectivity index (χ3v) is 2.70. The third kappa shape index (κ3) is 4.71. The first kappa shape index (κ1) is 13.1. The van der Waals surface area contributed by atoms with Crippen LogP contribution in [-0.4, -0.2) is 20.3 Å². The monoisotopic (exact) mass is 225 g/mol. The van der Waals surface area contributed by atoms with Crippen molar-refractivity contribution in [1.29, 1.82) is 0 Å². The van der Waals surface area contributed by atoms with Crippen molar-refractivity contribution in [3.63, 3.8) is 0 Å². The van der Waals surface area contributed by atoms with Crippen LogP contribution >= 0.6 is 0 Å². The highest BCUT2D eigenvalue weighted by Crippen LogP contribution is 2.21. The van der Waals surface area contributed by atoms with Crippen LogP contribution in [0.15, 0.2) is 23.6 Å². The number of hydrogen-bond acceptors (Lipinski definition) is 3. The van der Waals surface area contributed by atoms with E-state index in [2.05, 4.69) is 13.0 Å². The van der Waals surface area contributed by atoms with Gasteiger partial charge in [-0.2, -0.15) is 0 Å². The Kier molecular flexibility index (Phi) is 6.01. The minimum atomic E-state index is 0.538. The average Bonchev–Trinajstić information content (AvgIpc) is 2.28. The maximum atomic E-state index is 5.85. The highest BCUT2D eigenvalue weighted by molar-refractivity contribution is 5.24. The SMILES string of the molecule is COCCCCCOC1=C(N)C=CC(C)C1. The smallest absolute Gasteiger partial charge is 0.119 e. The summed E-state index contributed by atoms with van der Waals surface area (Å²) >= 11 is 0. The lowest BCUT2D eigenvalue weighted by Crippen LogP contribution is -2.11. The van der Waals surface area contributed by atoms with Crippen LogP contribution < -0.4 is 5.73 Å². The normalized spacial score (nSPS) is 20.2. The number of hydrogen-bond donors (Lipinski definition) is 1. The van der Waals surface area contributed by atoms with Crippen LogP contribution in [0.4, 0.5) is 0 Å². The molecular weight excluding hydrogens is 202 g/mol. The molecule has 3 nitrogen and oxygen atoms in total. The molecule has 0 amide bonds. The molecule has 16 heavy (non-hydrogen) atoms. The average molecular weight is 225 g/mol. The number of methoxy groups -OCH3 is 1. The molecular formula is C13H23NO2. The predicted molar refractivity (Wildman–Crippen MR) is 65.8 cm³/mol. The van der Waals surface area contributed by atoms with Crippen molar-refractivity contribution in [2.24, 2.45) is 11.7 Å². The van der Waals surface area contributed by atoms with Crippen molar-refractivity contribution >= 4 is 0 Å². The molecule has 0 bridgehead atoms. The van der Waals surface area contributed by atoms with E-state index in [-0.39, 0.29) is 0 Å². The summed E-state index contributed by atoms with van der Waals surface area (Å²) in [6.07, 6.45) is 8.32. The molecule has 0 aromatic carbocycles. The van der Waals surface area contributed by atoms with Gasteiger partial charge in [0.1, 0.15) is 5.76 Å². The first-order valence-corrected chi connectivity index (χ1v) is 6.02. The summed E-state index contributed by atoms with van der Waals surface area (Å²) in [6, 6.07) is 0. The summed E-state index contributed by atoms with van der Waals surface area (Å²) in [5, 5.41) is 0. The van der Waals surface area contributed by atoms with Crippen molar-refractivity contribution in [2.45, 2.75) is 32.6 Å². The number of nitrogens with two attached hydrogens (primary N) is 1. The fourth-order valence-electron chi connectivity index (χ4n) is 1.70. The van der Waals surface area contributed by atoms with E-state index in [1.54, 1.807) is 7.11 Å². The summed E-state index contributed by atoms with van der Waals surface area (Å²) < 4.78 is 10.7. The Morgan fingerprint density at radius 3 is 2.81 bits per heavy atom. The van der Waals surface area contributed by atoms with Gasteiger partial charge in [0.2, 0.25) is 0 Å². The molecule has 3 heteroatoms. The van der Waals surface area contributed by atoms with E-state index in [1.807, 2.05) is 6.08 Å². The van der Waals surface area contributed by atoms with E-state index in [4.69, 9.17) is 15.2 Å². The Morgan fingerprint density at radius 2 is 2.06 bits per heavy atom. The van der Waals surface area contributed by atoms with Gasteiger partial charge in [-0.25, -0.2) is 0 Å². The fraction of sp³-hybridized carbons (Fsp3) is 0.692. The maximum absolute atomic E-state index is 5.85. The van der Waals surface area contributed by atoms with Crippen molar-refractivity contribution in [1.82, 2.24) is 0 Å². The molecule has 0 aromatic rings. The predicted octanol–water partition coefficient (Wildman–Crippen LogP) is 2.59. The minimum Gasteiger partial charge on any atom is -0.496 e. The zero-order valence-electron chi connectivity index (χ0n) is 10.4. The Balaban J connectivity index is 2.15. The molecule has 0 aliphatic heterocycles. The molecule has 0 saturated carbocycles. The first-order chi connectivity index (χ1) is 7.74. The van der Waals surface area contributed by atoms with Crippen LogP contribution in [0.2, 0.25) is 0 Å². The van der Waals surface area contributed by atoms with Gasteiger partial charge in [0, 0.05) is 20.1 Å². The van der Waals surface area contributed by atoms with Gasteiger partial charge in [0.25, 0.3) is 0 Å². The molecule has 0 aromatic heterocycles. The largest absolute Gasteiger partial charge is 0.496 e. The molecule has 1 aliphatic carbocycles. The topological polar surface area (TPSA) is 44.5 Å². The van der Waals surface area contributed by atoms with E-state index < -0.39 is 0 Å². The van der Waals surface area contributed by atoms with E-state index in [0.717, 1.165) is 50.4 Å². The standard InChI is InChI=1S/C13H23NO2/c1-11-6-7-12(14)13(10-11)16-9-5-3-4-8-15-2/h6-7,11H,3-5,8-10,14H2,1-2H3. The van der Waals surface area contributed by atoms with Crippen molar-refractivity contribution in [2.75, 3.05) is 20.3 Å². The second-order valence-electron chi connectivity index (χ2n) is 4.32. The van der Waals surface area contributed by atoms with Crippen molar-refractivity contribution in [3.8, 4) is 0 Å². The molecule has 2 N–H and O–H groups in total. The molecule has 0 spiro atoms. The van der Waals surface area contributed by atoms with Crippen LogP contribution in [0, 0.1) is 5.92 Å². The Hall–Kier alpha value is -0.960. The number of rotatable bonds is 7. The zero-order chi connectivity index (χ0) is 11.8. The van der Waals surface area contributed by atoms with Gasteiger partial charge in [-0.15, -0.1) is 0 Å². The third-order valence-electron chi connectivity index (χ3n) is 2.70. The fourth-order valence-corrected chi connectivity index (χ4v) is 1.70. The number of allylic oxidation sites excluding steroid dienone is 3. The quantitative estimate of drug-likeness (QED) is 0.677. The van der Waals surface area contributed by atoms with Gasteiger partial charge in [0.05, 0.1) is 12.3 Å². The molecule has 1 rings (SSSR count). The molecule has 1 atom stereocenters. The van der Waals surface area contributed by atoms with Gasteiger partial charge in [-0.1, -0.05) is 13.0 Å². The Morgan fingerprint density at radius 1 is 1.31 bits per heavy atom. The molecule has 0 heterocycles. The molecule has 0 fully saturated rings. The molecule has 1 aliphatic rings. The van der Waals surface area contributed by atoms with Crippen molar-refractivity contribution in [3.05, 3.63) is 23.6 Å². The first-order valence-electron chi connectivity index (χ1n) is 6.02. The minimum absolute atomic E-state index is 0.538. The van der Waals surface area contributed by atoms with Gasteiger partial charge < -0.3 is 15.2 Å². The maximum Gasteiger partial charge on any atom is 0.119 e. The number of unbranched alkanes of at least 4 members (excludes halogenated alkanes) is 2. The van der Waals surface area contributed by atoms with Crippen LogP contribution in [0.5, 0.6) is 0 Å². The molecule has 92 valence electrons. The summed E-state index contributed by atoms with van der Waals surface area (Å²) in [4.78, 5) is 0. The second-order valence-corrected chi connectivity index (χ2v) is 4.32. The van der Waals surface area contributed by atoms with E-state index in [9.17, 15) is 0 Å². The lowest BCUT2D eigenvalue weighted by molar-refractivity contribution is 0.170. The highest BCUT2D eigenvalue weighted by atomic mass is 16.5. The summed E-state index contributed by atoms with van der Waals surface area (Å²) in [5.74, 6) is 1.50. The van der Waals surface area contributed by atoms with E-state index in [0.29, 0.717) is 5.92 Å². The lowest BCUT2D eigenvalue weighted by atomic mass is 10.00. The Bertz CT molecular complexity index is 259. The molecule has 0 saturated heterocycles. The van der Waals surface area contributed by atoms with E-state index in [1.165, 1.54) is 0 Å². The summed E-state index contributed by atoms with van der Waals surface area (Å²) in [5.41, 5.74) is 6.64. The van der Waals surface area contributed by atoms with Crippen LogP contribution in [0.1, 0.15) is 32.6 Å². The molecule has 0 radical (unpaired) electrons. The van der Waals surface area contributed by atoms with Gasteiger partial charge in [-0.05, 0) is 31.3 Å². The van der Waals surface area contributed by atoms with Crippen LogP contribution in [0.25, 0.3) is 0 Å². The Labute approximate surface area is 98.3 Å². The molecule has 1 unspecified atom stereocenters. The van der Waals surface area contributed by atoms with Crippen LogP contribution in [-0.2, 0) is 9.47 Å². The van der Waals surface area contributed by atoms with Gasteiger partial charge >= 0.3 is 0 Å². The van der Waals surface area contributed by atoms with Crippen LogP contribution in [0.3, 0.4) is 0 Å². The second kappa shape index (κ2) is 7.34.